The molecule has 1 N–H and O–H groups in total. The predicted octanol–water partition coefficient (Wildman–Crippen LogP) is 2.56. The minimum Gasteiger partial charge on any atom is -0.748 e. The molecule has 0 heterocycles. The monoisotopic (exact) mass is 356 g/mol. The zero-order valence-corrected chi connectivity index (χ0v) is 15.9. The number of quaternary nitrogens is 1. The molecule has 0 fully saturated rings. The summed E-state index contributed by atoms with van der Waals surface area (Å²) >= 11 is 0. The van der Waals surface area contributed by atoms with Crippen LogP contribution < -0.4 is 9.80 Å². The molecule has 0 atom stereocenters. The lowest BCUT2D eigenvalue weighted by Crippen LogP contribution is -2.41. The summed E-state index contributed by atoms with van der Waals surface area (Å²) in [6, 6.07) is 7.47. The molecule has 0 saturated heterocycles. The molecule has 0 aromatic heterocycles. The van der Waals surface area contributed by atoms with Gasteiger partial charge in [-0.3, -0.25) is 9.28 Å². The predicted molar refractivity (Wildman–Crippen MR) is 96.8 cm³/mol. The van der Waals surface area contributed by atoms with Crippen LogP contribution in [0.5, 0.6) is 0 Å². The minimum absolute atomic E-state index is 0.0235. The van der Waals surface area contributed by atoms with Crippen molar-refractivity contribution in [2.45, 2.75) is 33.6 Å². The van der Waals surface area contributed by atoms with Crippen molar-refractivity contribution in [3.63, 3.8) is 0 Å². The first-order chi connectivity index (χ1) is 10.8. The van der Waals surface area contributed by atoms with Crippen LogP contribution >= 0.6 is 0 Å². The molecule has 1 aromatic carbocycles. The second-order valence-electron chi connectivity index (χ2n) is 7.86. The summed E-state index contributed by atoms with van der Waals surface area (Å²) in [4.78, 5) is 11.9. The Morgan fingerprint density at radius 2 is 1.71 bits per heavy atom. The van der Waals surface area contributed by atoms with Crippen LogP contribution in [0, 0.1) is 5.41 Å². The summed E-state index contributed by atoms with van der Waals surface area (Å²) in [5.41, 5.74) is 1.65. The molecule has 0 aliphatic rings. The van der Waals surface area contributed by atoms with E-state index in [9.17, 15) is 17.8 Å². The van der Waals surface area contributed by atoms with E-state index in [2.05, 4.69) is 5.32 Å². The van der Waals surface area contributed by atoms with Crippen molar-refractivity contribution in [1.82, 2.24) is 4.48 Å². The number of nitrogens with zero attached hydrogens (tertiary/aromatic N) is 1. The average molecular weight is 356 g/mol. The molecule has 7 heteroatoms. The van der Waals surface area contributed by atoms with Gasteiger partial charge in [0.1, 0.15) is 5.69 Å². The highest BCUT2D eigenvalue weighted by molar-refractivity contribution is 7.85. The van der Waals surface area contributed by atoms with E-state index in [1.54, 1.807) is 0 Å². The molecule has 1 amide bonds. The average Bonchev–Trinajstić information content (AvgIpc) is 2.35. The quantitative estimate of drug-likeness (QED) is 0.601. The standard InChI is InChI=1S/C17H28N2O4S/c1-17(2,3)13-16(20)18-14-7-9-15(10-8-14)19(4,5)11-6-12-24(21,22)23/h7-10H,6,11-13H2,1-5H3,(H-,18,20,21,22,23). The number of nitrogens with one attached hydrogen (secondary N) is 1. The Balaban J connectivity index is 2.67. The normalized spacial score (nSPS) is 12.9. The smallest absolute Gasteiger partial charge is 0.224 e. The highest BCUT2D eigenvalue weighted by Crippen LogP contribution is 2.23. The third-order valence-corrected chi connectivity index (χ3v) is 4.44. The number of anilines is 1. The van der Waals surface area contributed by atoms with Gasteiger partial charge in [0.25, 0.3) is 0 Å². The lowest BCUT2D eigenvalue weighted by molar-refractivity contribution is -0.117. The number of amides is 1. The molecule has 1 rings (SSSR count). The van der Waals surface area contributed by atoms with Gasteiger partial charge in [0.2, 0.25) is 5.91 Å². The maximum atomic E-state index is 11.9. The van der Waals surface area contributed by atoms with Crippen molar-refractivity contribution in [2.24, 2.45) is 5.41 Å². The Morgan fingerprint density at radius 1 is 1.17 bits per heavy atom. The molecule has 6 nitrogen and oxygen atoms in total. The Kier molecular flexibility index (Phi) is 6.55. The van der Waals surface area contributed by atoms with E-state index in [4.69, 9.17) is 0 Å². The SMILES string of the molecule is CC(C)(C)CC(=O)Nc1ccc([N+](C)(C)CCCS(=O)(=O)[O-])cc1. The molecular formula is C17H28N2O4S. The number of benzene rings is 1. The Labute approximate surface area is 145 Å². The van der Waals surface area contributed by atoms with E-state index in [1.165, 1.54) is 0 Å². The molecule has 0 saturated carbocycles. The van der Waals surface area contributed by atoms with Crippen LogP contribution in [-0.4, -0.2) is 45.3 Å². The van der Waals surface area contributed by atoms with E-state index in [1.807, 2.05) is 59.1 Å². The van der Waals surface area contributed by atoms with Crippen molar-refractivity contribution < 1.29 is 17.8 Å². The molecule has 0 unspecified atom stereocenters. The Morgan fingerprint density at radius 3 is 2.17 bits per heavy atom. The summed E-state index contributed by atoms with van der Waals surface area (Å²) in [5, 5.41) is 2.87. The van der Waals surface area contributed by atoms with Gasteiger partial charge < -0.3 is 9.87 Å². The zero-order chi connectivity index (χ0) is 18.6. The van der Waals surface area contributed by atoms with Crippen molar-refractivity contribution in [3.05, 3.63) is 24.3 Å². The fourth-order valence-corrected chi connectivity index (χ4v) is 2.88. The Bertz CT molecular complexity index is 659. The number of hydrogen-bond acceptors (Lipinski definition) is 4. The van der Waals surface area contributed by atoms with E-state index in [-0.39, 0.29) is 17.1 Å². The largest absolute Gasteiger partial charge is 0.748 e. The third-order valence-electron chi connectivity index (χ3n) is 3.65. The van der Waals surface area contributed by atoms with Crippen LogP contribution in [0.3, 0.4) is 0 Å². The van der Waals surface area contributed by atoms with E-state index < -0.39 is 10.1 Å². The molecule has 0 aliphatic heterocycles. The summed E-state index contributed by atoms with van der Waals surface area (Å²) in [6.45, 7) is 6.57. The van der Waals surface area contributed by atoms with Crippen molar-refractivity contribution >= 4 is 27.4 Å². The summed E-state index contributed by atoms with van der Waals surface area (Å²) in [7, 11) is -0.273. The highest BCUT2D eigenvalue weighted by Gasteiger charge is 2.20. The van der Waals surface area contributed by atoms with Gasteiger partial charge >= 0.3 is 0 Å². The van der Waals surface area contributed by atoms with Gasteiger partial charge in [-0.15, -0.1) is 0 Å². The first-order valence-electron chi connectivity index (χ1n) is 7.96. The molecule has 0 spiro atoms. The van der Waals surface area contributed by atoms with E-state index >= 15 is 0 Å². The van der Waals surface area contributed by atoms with Crippen molar-refractivity contribution in [2.75, 3.05) is 31.7 Å². The van der Waals surface area contributed by atoms with Gasteiger partial charge in [0.05, 0.1) is 30.8 Å². The highest BCUT2D eigenvalue weighted by atomic mass is 32.2. The maximum Gasteiger partial charge on any atom is 0.224 e. The fraction of sp³-hybridized carbons (Fsp3) is 0.588. The van der Waals surface area contributed by atoms with Crippen LogP contribution in [0.4, 0.5) is 11.4 Å². The summed E-state index contributed by atoms with van der Waals surface area (Å²) in [6.07, 6.45) is 0.753. The molecule has 24 heavy (non-hydrogen) atoms. The van der Waals surface area contributed by atoms with Crippen molar-refractivity contribution in [1.29, 1.82) is 0 Å². The minimum atomic E-state index is -4.17. The molecule has 0 radical (unpaired) electrons. The molecule has 0 aliphatic carbocycles. The fourth-order valence-electron chi connectivity index (χ4n) is 2.40. The lowest BCUT2D eigenvalue weighted by atomic mass is 9.92. The van der Waals surface area contributed by atoms with Crippen LogP contribution in [0.2, 0.25) is 0 Å². The van der Waals surface area contributed by atoms with Crippen LogP contribution in [0.25, 0.3) is 0 Å². The summed E-state index contributed by atoms with van der Waals surface area (Å²) < 4.78 is 32.6. The molecule has 136 valence electrons. The number of carbonyl (C=O) groups is 1. The van der Waals surface area contributed by atoms with Gasteiger partial charge in [-0.25, -0.2) is 8.42 Å². The summed E-state index contributed by atoms with van der Waals surface area (Å²) in [5.74, 6) is -0.375. The van der Waals surface area contributed by atoms with Gasteiger partial charge in [0.15, 0.2) is 0 Å². The van der Waals surface area contributed by atoms with Crippen LogP contribution in [0.15, 0.2) is 24.3 Å². The first kappa shape index (κ1) is 20.6. The number of rotatable bonds is 7. The van der Waals surface area contributed by atoms with E-state index in [0.29, 0.717) is 23.9 Å². The zero-order valence-electron chi connectivity index (χ0n) is 15.1. The van der Waals surface area contributed by atoms with Gasteiger partial charge in [0, 0.05) is 36.4 Å². The lowest BCUT2D eigenvalue weighted by Gasteiger charge is -2.29. The maximum absolute atomic E-state index is 11.9. The topological polar surface area (TPSA) is 86.3 Å². The van der Waals surface area contributed by atoms with Gasteiger partial charge in [-0.1, -0.05) is 20.8 Å². The molecule has 0 bridgehead atoms. The number of carbonyl (C=O) groups excluding carboxylic acids is 1. The first-order valence-corrected chi connectivity index (χ1v) is 9.53. The third kappa shape index (κ3) is 7.90. The second kappa shape index (κ2) is 7.63. The van der Waals surface area contributed by atoms with Gasteiger partial charge in [-0.05, 0) is 17.5 Å². The second-order valence-corrected chi connectivity index (χ2v) is 9.38. The van der Waals surface area contributed by atoms with Gasteiger partial charge in [-0.2, -0.15) is 0 Å². The number of hydrogen-bond donors (Lipinski definition) is 1. The van der Waals surface area contributed by atoms with Crippen molar-refractivity contribution in [3.8, 4) is 0 Å². The Hall–Kier alpha value is -1.44. The van der Waals surface area contributed by atoms with E-state index in [0.717, 1.165) is 11.4 Å². The van der Waals surface area contributed by atoms with Crippen LogP contribution in [0.1, 0.15) is 33.6 Å². The van der Waals surface area contributed by atoms with Crippen LogP contribution in [-0.2, 0) is 14.9 Å². The molecular weight excluding hydrogens is 328 g/mol. The molecule has 1 aromatic rings.